The van der Waals surface area contributed by atoms with Crippen LogP contribution in [0.15, 0.2) is 0 Å². The molecule has 1 amide bonds. The van der Waals surface area contributed by atoms with Gasteiger partial charge in [-0.25, -0.2) is 4.79 Å². The third-order valence-corrected chi connectivity index (χ3v) is 2.07. The summed E-state index contributed by atoms with van der Waals surface area (Å²) in [6.07, 6.45) is 4.00. The third-order valence-electron chi connectivity index (χ3n) is 2.07. The van der Waals surface area contributed by atoms with Crippen molar-refractivity contribution in [1.29, 1.82) is 0 Å². The summed E-state index contributed by atoms with van der Waals surface area (Å²) in [5, 5.41) is 0. The number of amides is 1. The van der Waals surface area contributed by atoms with E-state index in [1.54, 1.807) is 0 Å². The Hall–Kier alpha value is -1.25. The average Bonchev–Trinajstić information content (AvgIpc) is 2.19. The molecule has 0 radical (unpaired) electrons. The second-order valence-corrected chi connectivity index (χ2v) is 4.61. The van der Waals surface area contributed by atoms with E-state index in [-0.39, 0.29) is 24.7 Å². The summed E-state index contributed by atoms with van der Waals surface area (Å²) < 4.78 is 15.4. The summed E-state index contributed by atoms with van der Waals surface area (Å²) in [7, 11) is 0. The first-order valence-electron chi connectivity index (χ1n) is 5.43. The minimum absolute atomic E-state index is 0.133. The lowest BCUT2D eigenvalue weighted by atomic mass is 9.89. The molecule has 17 heavy (non-hydrogen) atoms. The highest BCUT2D eigenvalue weighted by Gasteiger charge is 2.26. The molecule has 98 valence electrons. The van der Waals surface area contributed by atoms with Crippen molar-refractivity contribution in [1.82, 2.24) is 0 Å². The predicted octanol–water partition coefficient (Wildman–Crippen LogP) is 1.16. The van der Waals surface area contributed by atoms with Gasteiger partial charge in [0.05, 0.1) is 19.3 Å². The fourth-order valence-corrected chi connectivity index (χ4v) is 1.09. The lowest BCUT2D eigenvalue weighted by molar-refractivity contribution is -0.0666. The molecule has 1 atom stereocenters. The lowest BCUT2D eigenvalue weighted by Crippen LogP contribution is -2.36. The third kappa shape index (κ3) is 8.55. The topological polar surface area (TPSA) is 70.8 Å². The quantitative estimate of drug-likeness (QED) is 0.538. The van der Waals surface area contributed by atoms with Crippen LogP contribution >= 0.6 is 0 Å². The SMILES string of the molecule is C#CCOCCOC(COC(N)=O)C(C)(C)C. The summed E-state index contributed by atoms with van der Waals surface area (Å²) in [5.74, 6) is 2.36. The molecule has 2 N–H and O–H groups in total. The zero-order chi connectivity index (χ0) is 13.3. The summed E-state index contributed by atoms with van der Waals surface area (Å²) >= 11 is 0. The monoisotopic (exact) mass is 243 g/mol. The van der Waals surface area contributed by atoms with Crippen molar-refractivity contribution in [3.05, 3.63) is 0 Å². The van der Waals surface area contributed by atoms with E-state index in [0.717, 1.165) is 0 Å². The molecule has 0 bridgehead atoms. The molecule has 5 nitrogen and oxygen atoms in total. The summed E-state index contributed by atoms with van der Waals surface area (Å²) in [5.41, 5.74) is 4.76. The van der Waals surface area contributed by atoms with E-state index in [1.165, 1.54) is 0 Å². The van der Waals surface area contributed by atoms with Gasteiger partial charge in [-0.15, -0.1) is 6.42 Å². The molecule has 0 aliphatic rings. The fraction of sp³-hybridized carbons (Fsp3) is 0.750. The number of ether oxygens (including phenoxy) is 3. The number of terminal acetylenes is 1. The zero-order valence-electron chi connectivity index (χ0n) is 10.7. The zero-order valence-corrected chi connectivity index (χ0v) is 10.7. The molecule has 0 saturated carbocycles. The van der Waals surface area contributed by atoms with E-state index in [0.29, 0.717) is 13.2 Å². The highest BCUT2D eigenvalue weighted by atomic mass is 16.6. The van der Waals surface area contributed by atoms with E-state index in [4.69, 9.17) is 26.4 Å². The van der Waals surface area contributed by atoms with Gasteiger partial charge in [-0.3, -0.25) is 0 Å². The standard InChI is InChI=1S/C12H21NO4/c1-5-6-15-7-8-16-10(12(2,3)4)9-17-11(13)14/h1,10H,6-9H2,2-4H3,(H2,13,14). The van der Waals surface area contributed by atoms with Crippen molar-refractivity contribution in [2.24, 2.45) is 11.1 Å². The van der Waals surface area contributed by atoms with Crippen LogP contribution in [-0.4, -0.2) is 38.6 Å². The van der Waals surface area contributed by atoms with Crippen LogP contribution in [0.3, 0.4) is 0 Å². The number of carbonyl (C=O) groups is 1. The average molecular weight is 243 g/mol. The molecule has 0 spiro atoms. The minimum atomic E-state index is -0.800. The van der Waals surface area contributed by atoms with Gasteiger partial charge in [-0.2, -0.15) is 0 Å². The Kier molecular flexibility index (Phi) is 7.35. The first-order chi connectivity index (χ1) is 7.88. The Balaban J connectivity index is 3.95. The highest BCUT2D eigenvalue weighted by Crippen LogP contribution is 2.22. The molecule has 0 aliphatic carbocycles. The van der Waals surface area contributed by atoms with Crippen LogP contribution in [0.2, 0.25) is 0 Å². The predicted molar refractivity (Wildman–Crippen MR) is 64.4 cm³/mol. The molecule has 0 fully saturated rings. The van der Waals surface area contributed by atoms with Crippen molar-refractivity contribution in [3.8, 4) is 12.3 Å². The molecular weight excluding hydrogens is 222 g/mol. The maximum Gasteiger partial charge on any atom is 0.404 e. The number of primary amides is 1. The summed E-state index contributed by atoms with van der Waals surface area (Å²) in [6, 6.07) is 0. The van der Waals surface area contributed by atoms with Crippen LogP contribution in [0, 0.1) is 17.8 Å². The lowest BCUT2D eigenvalue weighted by Gasteiger charge is -2.29. The van der Waals surface area contributed by atoms with E-state index in [9.17, 15) is 4.79 Å². The minimum Gasteiger partial charge on any atom is -0.447 e. The van der Waals surface area contributed by atoms with Gasteiger partial charge in [0.1, 0.15) is 13.2 Å². The van der Waals surface area contributed by atoms with Crippen LogP contribution in [0.1, 0.15) is 20.8 Å². The van der Waals surface area contributed by atoms with E-state index >= 15 is 0 Å². The molecule has 0 aromatic heterocycles. The molecule has 0 aliphatic heterocycles. The molecule has 0 saturated heterocycles. The van der Waals surface area contributed by atoms with Crippen molar-refractivity contribution in [2.45, 2.75) is 26.9 Å². The Bertz CT molecular complexity index is 265. The van der Waals surface area contributed by atoms with Crippen LogP contribution in [0.5, 0.6) is 0 Å². The Morgan fingerprint density at radius 2 is 2.06 bits per heavy atom. The maximum atomic E-state index is 10.5. The van der Waals surface area contributed by atoms with Crippen LogP contribution < -0.4 is 5.73 Å². The molecule has 0 aromatic carbocycles. The molecule has 0 heterocycles. The Morgan fingerprint density at radius 1 is 1.41 bits per heavy atom. The highest BCUT2D eigenvalue weighted by molar-refractivity contribution is 5.64. The molecule has 5 heteroatoms. The van der Waals surface area contributed by atoms with Crippen molar-refractivity contribution >= 4 is 6.09 Å². The second kappa shape index (κ2) is 7.93. The van der Waals surface area contributed by atoms with Gasteiger partial charge in [0.15, 0.2) is 0 Å². The van der Waals surface area contributed by atoms with Crippen LogP contribution in [0.25, 0.3) is 0 Å². The van der Waals surface area contributed by atoms with Crippen molar-refractivity contribution < 1.29 is 19.0 Å². The van der Waals surface area contributed by atoms with Gasteiger partial charge >= 0.3 is 6.09 Å². The van der Waals surface area contributed by atoms with Gasteiger partial charge in [0.2, 0.25) is 0 Å². The molecule has 0 rings (SSSR count). The first kappa shape index (κ1) is 15.8. The smallest absolute Gasteiger partial charge is 0.404 e. The number of rotatable bonds is 7. The van der Waals surface area contributed by atoms with Gasteiger partial charge in [0, 0.05) is 0 Å². The normalized spacial score (nSPS) is 12.8. The van der Waals surface area contributed by atoms with Gasteiger partial charge < -0.3 is 19.9 Å². The maximum absolute atomic E-state index is 10.5. The molecule has 0 aromatic rings. The van der Waals surface area contributed by atoms with Gasteiger partial charge in [0.25, 0.3) is 0 Å². The largest absolute Gasteiger partial charge is 0.447 e. The van der Waals surface area contributed by atoms with Crippen molar-refractivity contribution in [3.63, 3.8) is 0 Å². The van der Waals surface area contributed by atoms with Crippen molar-refractivity contribution in [2.75, 3.05) is 26.4 Å². The fourth-order valence-electron chi connectivity index (χ4n) is 1.09. The number of carbonyl (C=O) groups excluding carboxylic acids is 1. The van der Waals surface area contributed by atoms with Crippen LogP contribution in [-0.2, 0) is 14.2 Å². The number of nitrogens with two attached hydrogens (primary N) is 1. The first-order valence-corrected chi connectivity index (χ1v) is 5.43. The van der Waals surface area contributed by atoms with E-state index < -0.39 is 6.09 Å². The summed E-state index contributed by atoms with van der Waals surface area (Å²) in [6.45, 7) is 7.17. The second-order valence-electron chi connectivity index (χ2n) is 4.61. The Morgan fingerprint density at radius 3 is 2.53 bits per heavy atom. The molecule has 1 unspecified atom stereocenters. The summed E-state index contributed by atoms with van der Waals surface area (Å²) in [4.78, 5) is 10.5. The number of hydrogen-bond donors (Lipinski definition) is 1. The Labute approximate surface area is 103 Å². The number of hydrogen-bond acceptors (Lipinski definition) is 4. The van der Waals surface area contributed by atoms with E-state index in [1.807, 2.05) is 20.8 Å². The van der Waals surface area contributed by atoms with E-state index in [2.05, 4.69) is 5.92 Å². The van der Waals surface area contributed by atoms with Gasteiger partial charge in [-0.05, 0) is 5.41 Å². The van der Waals surface area contributed by atoms with Crippen LogP contribution in [0.4, 0.5) is 4.79 Å². The van der Waals surface area contributed by atoms with Gasteiger partial charge in [-0.1, -0.05) is 26.7 Å². The molecular formula is C12H21NO4.